The van der Waals surface area contributed by atoms with Gasteiger partial charge in [0, 0.05) is 30.0 Å². The molecule has 0 aliphatic carbocycles. The first-order chi connectivity index (χ1) is 10.7. The van der Waals surface area contributed by atoms with Crippen molar-refractivity contribution >= 4 is 47.5 Å². The SMILES string of the molecule is Cl.Cl.Nc1ccc(N)c(-c2cscc2CNCc2ccccc2)c1. The van der Waals surface area contributed by atoms with Crippen molar-refractivity contribution in [3.8, 4) is 11.1 Å². The van der Waals surface area contributed by atoms with Crippen LogP contribution < -0.4 is 16.8 Å². The number of benzene rings is 2. The lowest BCUT2D eigenvalue weighted by atomic mass is 10.0. The second-order valence-corrected chi connectivity index (χ2v) is 5.99. The minimum absolute atomic E-state index is 0. The van der Waals surface area contributed by atoms with E-state index in [-0.39, 0.29) is 24.8 Å². The smallest absolute Gasteiger partial charge is 0.0395 e. The Kier molecular flexibility index (Phi) is 8.08. The second-order valence-electron chi connectivity index (χ2n) is 5.25. The molecule has 1 aromatic heterocycles. The number of nitrogen functional groups attached to an aromatic ring is 2. The van der Waals surface area contributed by atoms with Crippen molar-refractivity contribution in [3.05, 3.63) is 70.4 Å². The Morgan fingerprint density at radius 2 is 1.58 bits per heavy atom. The maximum atomic E-state index is 6.10. The zero-order valence-corrected chi connectivity index (χ0v) is 15.5. The minimum atomic E-state index is 0. The predicted octanol–water partition coefficient (Wildman–Crippen LogP) is 4.71. The van der Waals surface area contributed by atoms with Crippen molar-refractivity contribution in [1.82, 2.24) is 5.32 Å². The molecule has 1 heterocycles. The Morgan fingerprint density at radius 1 is 0.833 bits per heavy atom. The summed E-state index contributed by atoms with van der Waals surface area (Å²) in [6.45, 7) is 1.66. The summed E-state index contributed by atoms with van der Waals surface area (Å²) in [6, 6.07) is 16.0. The monoisotopic (exact) mass is 381 g/mol. The Balaban J connectivity index is 0.00000144. The summed E-state index contributed by atoms with van der Waals surface area (Å²) in [4.78, 5) is 0. The fourth-order valence-corrected chi connectivity index (χ4v) is 3.30. The van der Waals surface area contributed by atoms with E-state index in [0.717, 1.165) is 35.6 Å². The molecule has 5 N–H and O–H groups in total. The fourth-order valence-electron chi connectivity index (χ4n) is 2.44. The summed E-state index contributed by atoms with van der Waals surface area (Å²) in [5.74, 6) is 0. The zero-order valence-electron chi connectivity index (χ0n) is 13.1. The lowest BCUT2D eigenvalue weighted by Gasteiger charge is -2.10. The standard InChI is InChI=1S/C18H19N3S.2ClH/c19-15-6-7-18(20)16(8-15)17-12-22-11-14(17)10-21-9-13-4-2-1-3-5-13;;/h1-8,11-12,21H,9-10,19-20H2;2*1H. The third-order valence-electron chi connectivity index (χ3n) is 3.60. The van der Waals surface area contributed by atoms with Gasteiger partial charge >= 0.3 is 0 Å². The molecule has 3 rings (SSSR count). The molecule has 0 spiro atoms. The number of anilines is 2. The van der Waals surface area contributed by atoms with Crippen LogP contribution in [0.3, 0.4) is 0 Å². The molecule has 0 aliphatic heterocycles. The molecule has 0 radical (unpaired) electrons. The van der Waals surface area contributed by atoms with Crippen LogP contribution in [0.1, 0.15) is 11.1 Å². The van der Waals surface area contributed by atoms with Gasteiger partial charge in [0.1, 0.15) is 0 Å². The highest BCUT2D eigenvalue weighted by molar-refractivity contribution is 7.08. The molecule has 0 fully saturated rings. The molecule has 3 nitrogen and oxygen atoms in total. The molecule has 0 amide bonds. The van der Waals surface area contributed by atoms with Crippen LogP contribution in [-0.4, -0.2) is 0 Å². The van der Waals surface area contributed by atoms with E-state index in [0.29, 0.717) is 0 Å². The van der Waals surface area contributed by atoms with Crippen LogP contribution in [0.4, 0.5) is 11.4 Å². The number of thiophene rings is 1. The van der Waals surface area contributed by atoms with Crippen molar-refractivity contribution in [3.63, 3.8) is 0 Å². The van der Waals surface area contributed by atoms with Crippen molar-refractivity contribution in [2.24, 2.45) is 0 Å². The van der Waals surface area contributed by atoms with E-state index >= 15 is 0 Å². The summed E-state index contributed by atoms with van der Waals surface area (Å²) in [5, 5.41) is 7.78. The summed E-state index contributed by atoms with van der Waals surface area (Å²) in [7, 11) is 0. The van der Waals surface area contributed by atoms with E-state index in [1.54, 1.807) is 11.3 Å². The Labute approximate surface area is 158 Å². The molecule has 0 bridgehead atoms. The average Bonchev–Trinajstić information content (AvgIpc) is 2.99. The highest BCUT2D eigenvalue weighted by Gasteiger charge is 2.09. The quantitative estimate of drug-likeness (QED) is 0.560. The highest BCUT2D eigenvalue weighted by Crippen LogP contribution is 2.33. The lowest BCUT2D eigenvalue weighted by Crippen LogP contribution is -2.12. The Morgan fingerprint density at radius 3 is 2.33 bits per heavy atom. The van der Waals surface area contributed by atoms with Gasteiger partial charge < -0.3 is 16.8 Å². The van der Waals surface area contributed by atoms with Crippen LogP contribution in [0.2, 0.25) is 0 Å². The Bertz CT molecular complexity index is 760. The molecule has 24 heavy (non-hydrogen) atoms. The maximum absolute atomic E-state index is 6.10. The van der Waals surface area contributed by atoms with Gasteiger partial charge in [-0.15, -0.1) is 24.8 Å². The van der Waals surface area contributed by atoms with E-state index in [4.69, 9.17) is 11.5 Å². The topological polar surface area (TPSA) is 64.1 Å². The number of halogens is 2. The first-order valence-electron chi connectivity index (χ1n) is 7.19. The molecule has 0 unspecified atom stereocenters. The van der Waals surface area contributed by atoms with Crippen LogP contribution in [0, 0.1) is 0 Å². The average molecular weight is 382 g/mol. The molecule has 0 saturated heterocycles. The molecule has 6 heteroatoms. The predicted molar refractivity (Wildman–Crippen MR) is 110 cm³/mol. The number of nitrogens with one attached hydrogen (secondary N) is 1. The summed E-state index contributed by atoms with van der Waals surface area (Å²) < 4.78 is 0. The number of hydrogen-bond acceptors (Lipinski definition) is 4. The normalized spacial score (nSPS) is 9.83. The van der Waals surface area contributed by atoms with Gasteiger partial charge in [-0.2, -0.15) is 11.3 Å². The zero-order chi connectivity index (χ0) is 15.4. The first kappa shape index (κ1) is 20.3. The van der Waals surface area contributed by atoms with E-state index in [1.807, 2.05) is 24.3 Å². The van der Waals surface area contributed by atoms with E-state index in [1.165, 1.54) is 11.1 Å². The molecule has 0 saturated carbocycles. The van der Waals surface area contributed by atoms with Crippen molar-refractivity contribution in [2.45, 2.75) is 13.1 Å². The van der Waals surface area contributed by atoms with Crippen molar-refractivity contribution in [1.29, 1.82) is 0 Å². The molecule has 128 valence electrons. The van der Waals surface area contributed by atoms with Crippen LogP contribution in [0.25, 0.3) is 11.1 Å². The van der Waals surface area contributed by atoms with Gasteiger partial charge in [0.05, 0.1) is 0 Å². The van der Waals surface area contributed by atoms with Gasteiger partial charge in [-0.1, -0.05) is 30.3 Å². The van der Waals surface area contributed by atoms with Crippen LogP contribution >= 0.6 is 36.2 Å². The van der Waals surface area contributed by atoms with Crippen LogP contribution in [0.15, 0.2) is 59.3 Å². The lowest BCUT2D eigenvalue weighted by molar-refractivity contribution is 0.696. The van der Waals surface area contributed by atoms with Crippen molar-refractivity contribution < 1.29 is 0 Å². The van der Waals surface area contributed by atoms with Gasteiger partial charge in [0.2, 0.25) is 0 Å². The van der Waals surface area contributed by atoms with Crippen LogP contribution in [0.5, 0.6) is 0 Å². The largest absolute Gasteiger partial charge is 0.399 e. The van der Waals surface area contributed by atoms with Gasteiger partial charge in [0.25, 0.3) is 0 Å². The van der Waals surface area contributed by atoms with E-state index in [2.05, 4.69) is 40.3 Å². The van der Waals surface area contributed by atoms with Gasteiger partial charge in [0.15, 0.2) is 0 Å². The molecule has 0 atom stereocenters. The number of rotatable bonds is 5. The summed E-state index contributed by atoms with van der Waals surface area (Å²) in [6.07, 6.45) is 0. The summed E-state index contributed by atoms with van der Waals surface area (Å²) >= 11 is 1.69. The van der Waals surface area contributed by atoms with E-state index < -0.39 is 0 Å². The van der Waals surface area contributed by atoms with Gasteiger partial charge in [-0.25, -0.2) is 0 Å². The first-order valence-corrected chi connectivity index (χ1v) is 8.13. The summed E-state index contributed by atoms with van der Waals surface area (Å²) in [5.41, 5.74) is 18.2. The minimum Gasteiger partial charge on any atom is -0.399 e. The number of hydrogen-bond donors (Lipinski definition) is 3. The van der Waals surface area contributed by atoms with E-state index in [9.17, 15) is 0 Å². The molecular formula is C18H21Cl2N3S. The highest BCUT2D eigenvalue weighted by atomic mass is 35.5. The molecule has 2 aromatic carbocycles. The number of nitrogens with two attached hydrogens (primary N) is 2. The molecule has 0 aliphatic rings. The van der Waals surface area contributed by atoms with Crippen LogP contribution in [-0.2, 0) is 13.1 Å². The fraction of sp³-hybridized carbons (Fsp3) is 0.111. The maximum Gasteiger partial charge on any atom is 0.0395 e. The molecular weight excluding hydrogens is 361 g/mol. The van der Waals surface area contributed by atoms with Crippen molar-refractivity contribution in [2.75, 3.05) is 11.5 Å². The second kappa shape index (κ2) is 9.55. The van der Waals surface area contributed by atoms with Gasteiger partial charge in [-0.05, 0) is 45.6 Å². The third-order valence-corrected chi connectivity index (χ3v) is 4.39. The third kappa shape index (κ3) is 4.89. The van der Waals surface area contributed by atoms with Gasteiger partial charge in [-0.3, -0.25) is 0 Å². The Hall–Kier alpha value is -1.72. The molecule has 3 aromatic rings.